The number of benzene rings is 1. The third kappa shape index (κ3) is 3.69. The Balaban J connectivity index is 2.94. The fourth-order valence-corrected chi connectivity index (χ4v) is 1.48. The zero-order valence-electron chi connectivity index (χ0n) is 10.4. The third-order valence-electron chi connectivity index (χ3n) is 2.47. The first-order valence-electron chi connectivity index (χ1n) is 5.42. The summed E-state index contributed by atoms with van der Waals surface area (Å²) in [5.41, 5.74) is 0.506. The molecule has 1 rings (SSSR count). The summed E-state index contributed by atoms with van der Waals surface area (Å²) in [6, 6.07) is 4.32. The highest BCUT2D eigenvalue weighted by atomic mass is 35.5. The summed E-state index contributed by atoms with van der Waals surface area (Å²) in [6.45, 7) is 1.27. The minimum absolute atomic E-state index is 0.199. The van der Waals surface area contributed by atoms with Crippen molar-refractivity contribution in [3.8, 4) is 0 Å². The maximum Gasteiger partial charge on any atom is 0.315 e. The van der Waals surface area contributed by atoms with Crippen LogP contribution in [0.15, 0.2) is 18.2 Å². The van der Waals surface area contributed by atoms with Crippen molar-refractivity contribution in [1.82, 2.24) is 5.32 Å². The predicted molar refractivity (Wildman–Crippen MR) is 70.3 cm³/mol. The molecule has 0 spiro atoms. The maximum absolute atomic E-state index is 11.6. The Bertz CT molecular complexity index is 530. The van der Waals surface area contributed by atoms with Crippen molar-refractivity contribution >= 4 is 35.1 Å². The zero-order valence-corrected chi connectivity index (χ0v) is 11.1. The number of halogens is 1. The summed E-state index contributed by atoms with van der Waals surface area (Å²) in [7, 11) is 1.45. The second-order valence-corrected chi connectivity index (χ2v) is 4.23. The van der Waals surface area contributed by atoms with Crippen LogP contribution < -0.4 is 10.6 Å². The third-order valence-corrected chi connectivity index (χ3v) is 2.80. The first-order valence-corrected chi connectivity index (χ1v) is 5.80. The topological polar surface area (TPSA) is 95.5 Å². The molecule has 1 aromatic rings. The van der Waals surface area contributed by atoms with E-state index in [1.807, 2.05) is 0 Å². The van der Waals surface area contributed by atoms with Gasteiger partial charge in [-0.2, -0.15) is 0 Å². The molecule has 3 N–H and O–H groups in total. The fourth-order valence-electron chi connectivity index (χ4n) is 1.27. The first-order chi connectivity index (χ1) is 8.86. The monoisotopic (exact) mass is 284 g/mol. The van der Waals surface area contributed by atoms with Gasteiger partial charge in [-0.3, -0.25) is 14.4 Å². The van der Waals surface area contributed by atoms with Crippen molar-refractivity contribution in [2.75, 3.05) is 12.4 Å². The molecule has 19 heavy (non-hydrogen) atoms. The molecule has 1 unspecified atom stereocenters. The lowest BCUT2D eigenvalue weighted by Crippen LogP contribution is -2.27. The Kier molecular flexibility index (Phi) is 4.88. The van der Waals surface area contributed by atoms with E-state index in [9.17, 15) is 14.4 Å². The van der Waals surface area contributed by atoms with Gasteiger partial charge in [-0.15, -0.1) is 0 Å². The van der Waals surface area contributed by atoms with Crippen LogP contribution in [0.2, 0.25) is 5.02 Å². The Morgan fingerprint density at radius 3 is 2.47 bits per heavy atom. The van der Waals surface area contributed by atoms with Crippen LogP contribution in [0.25, 0.3) is 0 Å². The minimum Gasteiger partial charge on any atom is -0.481 e. The van der Waals surface area contributed by atoms with E-state index in [1.165, 1.54) is 32.2 Å². The van der Waals surface area contributed by atoms with E-state index in [0.717, 1.165) is 0 Å². The number of carbonyl (C=O) groups excluding carboxylic acids is 2. The van der Waals surface area contributed by atoms with Gasteiger partial charge in [0.25, 0.3) is 5.91 Å². The van der Waals surface area contributed by atoms with Crippen molar-refractivity contribution < 1.29 is 19.5 Å². The molecule has 0 radical (unpaired) electrons. The van der Waals surface area contributed by atoms with Crippen LogP contribution in [0.5, 0.6) is 0 Å². The van der Waals surface area contributed by atoms with Crippen molar-refractivity contribution in [2.45, 2.75) is 6.92 Å². The second kappa shape index (κ2) is 6.19. The molecule has 0 saturated heterocycles. The standard InChI is InChI=1S/C12H13ClN2O4/c1-6(12(18)19)10(16)15-7-3-4-9(13)8(5-7)11(17)14-2/h3-6H,1-2H3,(H,14,17)(H,15,16)(H,18,19). The van der Waals surface area contributed by atoms with E-state index in [1.54, 1.807) is 0 Å². The maximum atomic E-state index is 11.6. The number of rotatable bonds is 4. The van der Waals surface area contributed by atoms with E-state index >= 15 is 0 Å². The van der Waals surface area contributed by atoms with E-state index in [-0.39, 0.29) is 10.6 Å². The minimum atomic E-state index is -1.22. The zero-order chi connectivity index (χ0) is 14.6. The van der Waals surface area contributed by atoms with Gasteiger partial charge in [-0.1, -0.05) is 11.6 Å². The fraction of sp³-hybridized carbons (Fsp3) is 0.250. The molecule has 1 atom stereocenters. The van der Waals surface area contributed by atoms with Crippen LogP contribution in [-0.4, -0.2) is 29.9 Å². The number of anilines is 1. The van der Waals surface area contributed by atoms with Crippen molar-refractivity contribution in [3.05, 3.63) is 28.8 Å². The molecule has 0 bridgehead atoms. The van der Waals surface area contributed by atoms with E-state index in [0.29, 0.717) is 5.69 Å². The molecule has 6 nitrogen and oxygen atoms in total. The smallest absolute Gasteiger partial charge is 0.315 e. The van der Waals surface area contributed by atoms with Gasteiger partial charge >= 0.3 is 5.97 Å². The van der Waals surface area contributed by atoms with Crippen molar-refractivity contribution in [3.63, 3.8) is 0 Å². The van der Waals surface area contributed by atoms with Crippen molar-refractivity contribution in [2.24, 2.45) is 5.92 Å². The van der Waals surface area contributed by atoms with E-state index in [4.69, 9.17) is 16.7 Å². The summed E-state index contributed by atoms with van der Waals surface area (Å²) in [5, 5.41) is 13.8. The van der Waals surface area contributed by atoms with E-state index < -0.39 is 23.7 Å². The molecule has 0 heterocycles. The molecule has 7 heteroatoms. The summed E-state index contributed by atoms with van der Waals surface area (Å²) >= 11 is 5.85. The van der Waals surface area contributed by atoms with Gasteiger partial charge in [0.2, 0.25) is 5.91 Å². The highest BCUT2D eigenvalue weighted by Gasteiger charge is 2.21. The molecule has 0 saturated carbocycles. The average Bonchev–Trinajstić information content (AvgIpc) is 2.38. The van der Waals surface area contributed by atoms with Gasteiger partial charge in [-0.25, -0.2) is 0 Å². The lowest BCUT2D eigenvalue weighted by atomic mass is 10.1. The Morgan fingerprint density at radius 1 is 1.32 bits per heavy atom. The number of hydrogen-bond donors (Lipinski definition) is 3. The van der Waals surface area contributed by atoms with Crippen LogP contribution in [-0.2, 0) is 9.59 Å². The molecule has 0 aromatic heterocycles. The molecular formula is C12H13ClN2O4. The molecular weight excluding hydrogens is 272 g/mol. The average molecular weight is 285 g/mol. The van der Waals surface area contributed by atoms with E-state index in [2.05, 4.69) is 10.6 Å². The number of carboxylic acid groups (broad SMARTS) is 1. The van der Waals surface area contributed by atoms with Gasteiger partial charge in [0.05, 0.1) is 10.6 Å². The number of carboxylic acids is 1. The molecule has 102 valence electrons. The second-order valence-electron chi connectivity index (χ2n) is 3.82. The van der Waals surface area contributed by atoms with Gasteiger partial charge in [0.15, 0.2) is 0 Å². The highest BCUT2D eigenvalue weighted by Crippen LogP contribution is 2.21. The lowest BCUT2D eigenvalue weighted by molar-refractivity contribution is -0.144. The first kappa shape index (κ1) is 15.0. The molecule has 0 aliphatic heterocycles. The number of aliphatic carboxylic acids is 1. The van der Waals surface area contributed by atoms with Crippen LogP contribution in [0.1, 0.15) is 17.3 Å². The normalized spacial score (nSPS) is 11.5. The van der Waals surface area contributed by atoms with Gasteiger partial charge in [0, 0.05) is 12.7 Å². The Hall–Kier alpha value is -2.08. The predicted octanol–water partition coefficient (Wildman–Crippen LogP) is 1.36. The summed E-state index contributed by atoms with van der Waals surface area (Å²) in [6.07, 6.45) is 0. The van der Waals surface area contributed by atoms with Crippen LogP contribution in [0, 0.1) is 5.92 Å². The number of amides is 2. The van der Waals surface area contributed by atoms with Crippen LogP contribution in [0.4, 0.5) is 5.69 Å². The van der Waals surface area contributed by atoms with Gasteiger partial charge in [-0.05, 0) is 25.1 Å². The summed E-state index contributed by atoms with van der Waals surface area (Å²) in [4.78, 5) is 33.7. The van der Waals surface area contributed by atoms with Crippen molar-refractivity contribution in [1.29, 1.82) is 0 Å². The van der Waals surface area contributed by atoms with Crippen LogP contribution >= 0.6 is 11.6 Å². The SMILES string of the molecule is CNC(=O)c1cc(NC(=O)C(C)C(=O)O)ccc1Cl. The largest absolute Gasteiger partial charge is 0.481 e. The number of carbonyl (C=O) groups is 3. The molecule has 1 aromatic carbocycles. The van der Waals surface area contributed by atoms with Crippen LogP contribution in [0.3, 0.4) is 0 Å². The van der Waals surface area contributed by atoms with Gasteiger partial charge < -0.3 is 15.7 Å². The Morgan fingerprint density at radius 2 is 1.95 bits per heavy atom. The quantitative estimate of drug-likeness (QED) is 0.728. The molecule has 0 aliphatic rings. The molecule has 0 aliphatic carbocycles. The summed E-state index contributed by atoms with van der Waals surface area (Å²) in [5.74, 6) is -3.47. The van der Waals surface area contributed by atoms with Gasteiger partial charge in [0.1, 0.15) is 5.92 Å². The summed E-state index contributed by atoms with van der Waals surface area (Å²) < 4.78 is 0. The number of hydrogen-bond acceptors (Lipinski definition) is 3. The molecule has 2 amide bonds. The lowest BCUT2D eigenvalue weighted by Gasteiger charge is -2.10. The highest BCUT2D eigenvalue weighted by molar-refractivity contribution is 6.34. The molecule has 0 fully saturated rings. The number of nitrogens with one attached hydrogen (secondary N) is 2. The Labute approximate surface area is 114 Å².